The normalized spacial score (nSPS) is 34.6. The summed E-state index contributed by atoms with van der Waals surface area (Å²) in [5.41, 5.74) is 0.323. The summed E-state index contributed by atoms with van der Waals surface area (Å²) in [5.74, 6) is 4.67. The molecule has 4 bridgehead atoms. The van der Waals surface area contributed by atoms with Crippen LogP contribution in [0.4, 0.5) is 0 Å². The number of hydrogen-bond acceptors (Lipinski definition) is 4. The van der Waals surface area contributed by atoms with E-state index in [1.807, 2.05) is 12.1 Å². The molecule has 1 aromatic carbocycles. The van der Waals surface area contributed by atoms with Crippen molar-refractivity contribution < 1.29 is 19.0 Å². The SMILES string of the molecule is C[C@H](NC(=O)COc1ccc2c(c1)OCO2)C12CC3CC(CC(C3)C1)C2. The van der Waals surface area contributed by atoms with E-state index in [-0.39, 0.29) is 25.3 Å². The molecule has 1 aliphatic heterocycles. The van der Waals surface area contributed by atoms with E-state index in [1.165, 1.54) is 38.5 Å². The summed E-state index contributed by atoms with van der Waals surface area (Å²) < 4.78 is 16.3. The molecule has 0 unspecified atom stereocenters. The number of fused-ring (bicyclic) bond motifs is 1. The fraction of sp³-hybridized carbons (Fsp3) is 0.667. The molecule has 1 heterocycles. The van der Waals surface area contributed by atoms with Gasteiger partial charge in [-0.3, -0.25) is 4.79 Å². The zero-order valence-corrected chi connectivity index (χ0v) is 15.3. The highest BCUT2D eigenvalue weighted by Gasteiger charge is 2.53. The van der Waals surface area contributed by atoms with Gasteiger partial charge >= 0.3 is 0 Å². The standard InChI is InChI=1S/C21H27NO4/c1-13(21-8-14-4-15(9-21)6-16(5-14)10-21)22-20(23)11-24-17-2-3-18-19(7-17)26-12-25-18/h2-3,7,13-16H,4-6,8-12H2,1H3,(H,22,23)/t13-,14?,15?,16?,21?/m0/s1. The maximum Gasteiger partial charge on any atom is 0.258 e. The zero-order chi connectivity index (χ0) is 17.7. The van der Waals surface area contributed by atoms with Gasteiger partial charge in [0.05, 0.1) is 0 Å². The molecule has 1 amide bonds. The molecule has 5 aliphatic rings. The van der Waals surface area contributed by atoms with Crippen molar-refractivity contribution in [2.24, 2.45) is 23.2 Å². The molecular weight excluding hydrogens is 330 g/mol. The molecule has 0 saturated heterocycles. The lowest BCUT2D eigenvalue weighted by Crippen LogP contribution is -2.56. The largest absolute Gasteiger partial charge is 0.484 e. The molecular formula is C21H27NO4. The number of carbonyl (C=O) groups excluding carboxylic acids is 1. The Bertz CT molecular complexity index is 681. The maximum absolute atomic E-state index is 12.5. The minimum absolute atomic E-state index is 0.0362. The van der Waals surface area contributed by atoms with Crippen molar-refractivity contribution in [3.05, 3.63) is 18.2 Å². The Morgan fingerprint density at radius 1 is 1.15 bits per heavy atom. The molecule has 4 saturated carbocycles. The summed E-state index contributed by atoms with van der Waals surface area (Å²) in [5, 5.41) is 3.24. The number of rotatable bonds is 5. The fourth-order valence-electron chi connectivity index (χ4n) is 6.26. The van der Waals surface area contributed by atoms with Crippen LogP contribution in [0.25, 0.3) is 0 Å². The van der Waals surface area contributed by atoms with E-state index >= 15 is 0 Å². The van der Waals surface area contributed by atoms with Crippen molar-refractivity contribution in [1.82, 2.24) is 5.32 Å². The van der Waals surface area contributed by atoms with Gasteiger partial charge < -0.3 is 19.5 Å². The molecule has 0 radical (unpaired) electrons. The van der Waals surface area contributed by atoms with Gasteiger partial charge in [-0.15, -0.1) is 0 Å². The van der Waals surface area contributed by atoms with Gasteiger partial charge in [-0.05, 0) is 80.8 Å². The predicted octanol–water partition coefficient (Wildman–Crippen LogP) is 3.52. The Balaban J connectivity index is 1.18. The van der Waals surface area contributed by atoms with Gasteiger partial charge in [0.2, 0.25) is 6.79 Å². The Morgan fingerprint density at radius 2 is 1.81 bits per heavy atom. The van der Waals surface area contributed by atoms with Crippen LogP contribution in [0.5, 0.6) is 17.2 Å². The molecule has 4 aliphatic carbocycles. The highest BCUT2D eigenvalue weighted by Crippen LogP contribution is 2.61. The second kappa shape index (κ2) is 6.07. The minimum atomic E-state index is -0.0362. The van der Waals surface area contributed by atoms with Crippen LogP contribution in [0.15, 0.2) is 18.2 Å². The number of hydrogen-bond donors (Lipinski definition) is 1. The summed E-state index contributed by atoms with van der Waals surface area (Å²) in [6.45, 7) is 2.48. The lowest BCUT2D eigenvalue weighted by molar-refractivity contribution is -0.127. The molecule has 1 N–H and O–H groups in total. The third-order valence-electron chi connectivity index (χ3n) is 7.10. The third kappa shape index (κ3) is 2.81. The average Bonchev–Trinajstić information content (AvgIpc) is 3.06. The van der Waals surface area contributed by atoms with E-state index in [9.17, 15) is 4.79 Å². The number of amides is 1. The van der Waals surface area contributed by atoms with E-state index in [1.54, 1.807) is 6.07 Å². The summed E-state index contributed by atoms with van der Waals surface area (Å²) in [4.78, 5) is 12.5. The van der Waals surface area contributed by atoms with Crippen molar-refractivity contribution in [3.63, 3.8) is 0 Å². The Hall–Kier alpha value is -1.91. The average molecular weight is 357 g/mol. The smallest absolute Gasteiger partial charge is 0.258 e. The minimum Gasteiger partial charge on any atom is -0.484 e. The molecule has 5 heteroatoms. The molecule has 1 atom stereocenters. The summed E-state index contributed by atoms with van der Waals surface area (Å²) in [6, 6.07) is 5.62. The van der Waals surface area contributed by atoms with Gasteiger partial charge in [0.25, 0.3) is 5.91 Å². The quantitative estimate of drug-likeness (QED) is 0.876. The second-order valence-electron chi connectivity index (χ2n) is 8.87. The number of carbonyl (C=O) groups is 1. The zero-order valence-electron chi connectivity index (χ0n) is 15.3. The van der Waals surface area contributed by atoms with Gasteiger partial charge in [-0.1, -0.05) is 0 Å². The van der Waals surface area contributed by atoms with Crippen LogP contribution in [0.1, 0.15) is 45.4 Å². The lowest BCUT2D eigenvalue weighted by Gasteiger charge is -2.59. The first-order chi connectivity index (χ1) is 12.6. The van der Waals surface area contributed by atoms with E-state index in [4.69, 9.17) is 14.2 Å². The topological polar surface area (TPSA) is 56.8 Å². The van der Waals surface area contributed by atoms with Crippen LogP contribution in [0.3, 0.4) is 0 Å². The molecule has 26 heavy (non-hydrogen) atoms. The molecule has 5 nitrogen and oxygen atoms in total. The van der Waals surface area contributed by atoms with Gasteiger partial charge in [0.15, 0.2) is 18.1 Å². The van der Waals surface area contributed by atoms with Crippen molar-refractivity contribution in [2.45, 2.75) is 51.5 Å². The third-order valence-corrected chi connectivity index (χ3v) is 7.10. The summed E-state index contributed by atoms with van der Waals surface area (Å²) >= 11 is 0. The van der Waals surface area contributed by atoms with Crippen molar-refractivity contribution in [2.75, 3.05) is 13.4 Å². The Kier molecular flexibility index (Phi) is 3.80. The van der Waals surface area contributed by atoms with E-state index in [0.29, 0.717) is 16.9 Å². The summed E-state index contributed by atoms with van der Waals surface area (Å²) in [6.07, 6.45) is 8.16. The molecule has 140 valence electrons. The van der Waals surface area contributed by atoms with Gasteiger partial charge in [0, 0.05) is 12.1 Å². The van der Waals surface area contributed by atoms with Crippen LogP contribution in [0.2, 0.25) is 0 Å². The first kappa shape index (κ1) is 16.3. The number of benzene rings is 1. The lowest BCUT2D eigenvalue weighted by atomic mass is 9.48. The first-order valence-electron chi connectivity index (χ1n) is 9.91. The molecule has 1 aromatic rings. The highest BCUT2D eigenvalue weighted by atomic mass is 16.7. The van der Waals surface area contributed by atoms with E-state index < -0.39 is 0 Å². The highest BCUT2D eigenvalue weighted by molar-refractivity contribution is 5.78. The van der Waals surface area contributed by atoms with Crippen LogP contribution < -0.4 is 19.5 Å². The van der Waals surface area contributed by atoms with Crippen molar-refractivity contribution in [1.29, 1.82) is 0 Å². The summed E-state index contributed by atoms with van der Waals surface area (Å²) in [7, 11) is 0. The van der Waals surface area contributed by atoms with Gasteiger partial charge in [0.1, 0.15) is 5.75 Å². The van der Waals surface area contributed by atoms with Crippen LogP contribution in [-0.2, 0) is 4.79 Å². The molecule has 4 fully saturated rings. The van der Waals surface area contributed by atoms with E-state index in [0.717, 1.165) is 23.5 Å². The number of nitrogens with one attached hydrogen (secondary N) is 1. The fourth-order valence-corrected chi connectivity index (χ4v) is 6.26. The maximum atomic E-state index is 12.5. The van der Waals surface area contributed by atoms with Crippen LogP contribution in [-0.4, -0.2) is 25.3 Å². The Labute approximate surface area is 154 Å². The molecule has 0 aromatic heterocycles. The predicted molar refractivity (Wildman–Crippen MR) is 96.3 cm³/mol. The van der Waals surface area contributed by atoms with Gasteiger partial charge in [-0.25, -0.2) is 0 Å². The Morgan fingerprint density at radius 3 is 2.50 bits per heavy atom. The van der Waals surface area contributed by atoms with Crippen molar-refractivity contribution in [3.8, 4) is 17.2 Å². The van der Waals surface area contributed by atoms with Crippen molar-refractivity contribution >= 4 is 5.91 Å². The monoisotopic (exact) mass is 357 g/mol. The number of ether oxygens (including phenoxy) is 3. The second-order valence-corrected chi connectivity index (χ2v) is 8.87. The molecule has 6 rings (SSSR count). The van der Waals surface area contributed by atoms with E-state index in [2.05, 4.69) is 12.2 Å². The van der Waals surface area contributed by atoms with Gasteiger partial charge in [-0.2, -0.15) is 0 Å². The van der Waals surface area contributed by atoms with Crippen LogP contribution >= 0.6 is 0 Å². The first-order valence-corrected chi connectivity index (χ1v) is 9.91. The van der Waals surface area contributed by atoms with Crippen LogP contribution in [0, 0.1) is 23.2 Å². The molecule has 0 spiro atoms.